The van der Waals surface area contributed by atoms with Gasteiger partial charge in [-0.15, -0.1) is 0 Å². The lowest BCUT2D eigenvalue weighted by Crippen LogP contribution is -2.38. The number of hydrogen-bond donors (Lipinski definition) is 1. The van der Waals surface area contributed by atoms with E-state index < -0.39 is 0 Å². The Labute approximate surface area is 157 Å². The predicted octanol–water partition coefficient (Wildman–Crippen LogP) is 1.59. The van der Waals surface area contributed by atoms with Crippen LogP contribution in [0.15, 0.2) is 36.7 Å². The van der Waals surface area contributed by atoms with Crippen molar-refractivity contribution in [3.8, 4) is 11.5 Å². The number of aromatic nitrogens is 1. The number of amides is 2. The molecule has 1 fully saturated rings. The van der Waals surface area contributed by atoms with Crippen LogP contribution in [0.2, 0.25) is 0 Å². The highest BCUT2D eigenvalue weighted by Crippen LogP contribution is 2.32. The summed E-state index contributed by atoms with van der Waals surface area (Å²) in [5.41, 5.74) is 1.90. The van der Waals surface area contributed by atoms with Gasteiger partial charge >= 0.3 is 0 Å². The Morgan fingerprint density at radius 1 is 0.889 bits per heavy atom. The number of nitrogens with zero attached hydrogens (tertiary/aromatic N) is 2. The molecule has 7 nitrogen and oxygen atoms in total. The molecule has 0 unspecified atom stereocenters. The highest BCUT2D eigenvalue weighted by atomic mass is 16.7. The van der Waals surface area contributed by atoms with Crippen LogP contribution in [0, 0.1) is 0 Å². The van der Waals surface area contributed by atoms with E-state index in [-0.39, 0.29) is 18.6 Å². The van der Waals surface area contributed by atoms with Crippen LogP contribution < -0.4 is 9.47 Å². The molecule has 1 saturated heterocycles. The van der Waals surface area contributed by atoms with Crippen LogP contribution in [0.25, 0.3) is 0 Å². The Morgan fingerprint density at radius 2 is 1.59 bits per heavy atom. The minimum absolute atomic E-state index is 0.0776. The van der Waals surface area contributed by atoms with Gasteiger partial charge in [0.25, 0.3) is 0 Å². The van der Waals surface area contributed by atoms with Gasteiger partial charge in [0.2, 0.25) is 18.6 Å². The summed E-state index contributed by atoms with van der Waals surface area (Å²) in [4.78, 5) is 31.9. The number of fused-ring (bicyclic) bond motifs is 1. The Morgan fingerprint density at radius 3 is 2.30 bits per heavy atom. The van der Waals surface area contributed by atoms with Crippen LogP contribution in [0.4, 0.5) is 0 Å². The molecule has 1 aromatic heterocycles. The number of hydrogen-bond acceptors (Lipinski definition) is 4. The first kappa shape index (κ1) is 17.5. The van der Waals surface area contributed by atoms with Crippen molar-refractivity contribution < 1.29 is 19.1 Å². The molecule has 4 rings (SSSR count). The van der Waals surface area contributed by atoms with Crippen LogP contribution in [0.3, 0.4) is 0 Å². The SMILES string of the molecule is O=C(Cc1cc[nH]c1)N1CCCN(C(=O)Cc2ccc3c(c2)OCO3)CC1. The van der Waals surface area contributed by atoms with E-state index in [1.165, 1.54) is 0 Å². The van der Waals surface area contributed by atoms with Crippen molar-refractivity contribution >= 4 is 11.8 Å². The Bertz CT molecular complexity index is 819. The molecule has 2 aromatic rings. The van der Waals surface area contributed by atoms with Gasteiger partial charge in [-0.3, -0.25) is 9.59 Å². The highest BCUT2D eigenvalue weighted by Gasteiger charge is 2.23. The number of H-pyrrole nitrogens is 1. The summed E-state index contributed by atoms with van der Waals surface area (Å²) in [6.45, 7) is 2.75. The maximum absolute atomic E-state index is 12.7. The van der Waals surface area contributed by atoms with Crippen molar-refractivity contribution in [2.75, 3.05) is 33.0 Å². The third-order valence-corrected chi connectivity index (χ3v) is 5.01. The molecule has 0 bridgehead atoms. The molecule has 0 spiro atoms. The molecule has 142 valence electrons. The molecule has 1 N–H and O–H groups in total. The number of nitrogens with one attached hydrogen (secondary N) is 1. The lowest BCUT2D eigenvalue weighted by molar-refractivity contribution is -0.132. The first-order valence-corrected chi connectivity index (χ1v) is 9.25. The normalized spacial score (nSPS) is 16.3. The smallest absolute Gasteiger partial charge is 0.231 e. The maximum Gasteiger partial charge on any atom is 0.231 e. The quantitative estimate of drug-likeness (QED) is 0.888. The first-order chi connectivity index (χ1) is 13.2. The largest absolute Gasteiger partial charge is 0.454 e. The minimum atomic E-state index is 0.0776. The molecule has 2 aliphatic heterocycles. The van der Waals surface area contributed by atoms with E-state index in [4.69, 9.17) is 9.47 Å². The molecular weight excluding hydrogens is 346 g/mol. The summed E-state index contributed by atoms with van der Waals surface area (Å²) >= 11 is 0. The number of aromatic amines is 1. The molecule has 0 atom stereocenters. The van der Waals surface area contributed by atoms with Gasteiger partial charge in [0.1, 0.15) is 0 Å². The molecular formula is C20H23N3O4. The summed E-state index contributed by atoms with van der Waals surface area (Å²) < 4.78 is 10.7. The van der Waals surface area contributed by atoms with Crippen LogP contribution >= 0.6 is 0 Å². The van der Waals surface area contributed by atoms with E-state index in [0.29, 0.717) is 44.8 Å². The zero-order valence-corrected chi connectivity index (χ0v) is 15.1. The number of carbonyl (C=O) groups excluding carboxylic acids is 2. The third-order valence-electron chi connectivity index (χ3n) is 5.01. The number of benzene rings is 1. The second-order valence-electron chi connectivity index (χ2n) is 6.88. The van der Waals surface area contributed by atoms with Crippen LogP contribution in [-0.4, -0.2) is 59.6 Å². The molecule has 0 radical (unpaired) electrons. The van der Waals surface area contributed by atoms with E-state index in [0.717, 1.165) is 23.3 Å². The van der Waals surface area contributed by atoms with Gasteiger partial charge in [-0.1, -0.05) is 6.07 Å². The molecule has 27 heavy (non-hydrogen) atoms. The fourth-order valence-corrected chi connectivity index (χ4v) is 3.51. The van der Waals surface area contributed by atoms with E-state index in [1.807, 2.05) is 46.5 Å². The predicted molar refractivity (Wildman–Crippen MR) is 98.5 cm³/mol. The van der Waals surface area contributed by atoms with Crippen LogP contribution in [0.5, 0.6) is 11.5 Å². The van der Waals surface area contributed by atoms with Gasteiger partial charge < -0.3 is 24.3 Å². The first-order valence-electron chi connectivity index (χ1n) is 9.25. The fraction of sp³-hybridized carbons (Fsp3) is 0.400. The molecule has 2 aliphatic rings. The van der Waals surface area contributed by atoms with Gasteiger partial charge in [-0.2, -0.15) is 0 Å². The topological polar surface area (TPSA) is 74.9 Å². The highest BCUT2D eigenvalue weighted by molar-refractivity contribution is 5.80. The molecule has 0 saturated carbocycles. The van der Waals surface area contributed by atoms with Crippen molar-refractivity contribution in [1.29, 1.82) is 0 Å². The number of carbonyl (C=O) groups is 2. The van der Waals surface area contributed by atoms with Crippen molar-refractivity contribution in [3.05, 3.63) is 47.8 Å². The van der Waals surface area contributed by atoms with Crippen LogP contribution in [-0.2, 0) is 22.4 Å². The summed E-state index contributed by atoms with van der Waals surface area (Å²) in [6.07, 6.45) is 5.19. The van der Waals surface area contributed by atoms with Crippen molar-refractivity contribution in [2.24, 2.45) is 0 Å². The van der Waals surface area contributed by atoms with E-state index in [9.17, 15) is 9.59 Å². The second kappa shape index (κ2) is 7.73. The van der Waals surface area contributed by atoms with Gasteiger partial charge in [0, 0.05) is 38.6 Å². The molecule has 0 aliphatic carbocycles. The minimum Gasteiger partial charge on any atom is -0.454 e. The monoisotopic (exact) mass is 369 g/mol. The average molecular weight is 369 g/mol. The van der Waals surface area contributed by atoms with Gasteiger partial charge in [-0.05, 0) is 35.7 Å². The molecule has 3 heterocycles. The van der Waals surface area contributed by atoms with Crippen molar-refractivity contribution in [2.45, 2.75) is 19.3 Å². The number of ether oxygens (including phenoxy) is 2. The Hall–Kier alpha value is -2.96. The summed E-state index contributed by atoms with van der Waals surface area (Å²) in [5.74, 6) is 1.60. The van der Waals surface area contributed by atoms with Crippen LogP contribution in [0.1, 0.15) is 17.5 Å². The lowest BCUT2D eigenvalue weighted by Gasteiger charge is -2.22. The molecule has 7 heteroatoms. The maximum atomic E-state index is 12.7. The third kappa shape index (κ3) is 4.07. The van der Waals surface area contributed by atoms with Gasteiger partial charge in [0.15, 0.2) is 11.5 Å². The Balaban J connectivity index is 1.32. The molecule has 1 aromatic carbocycles. The van der Waals surface area contributed by atoms with E-state index >= 15 is 0 Å². The standard InChI is InChI=1S/C20H23N3O4/c24-19(11-15-2-3-17-18(10-15)27-14-26-17)22-6-1-7-23(9-8-22)20(25)12-16-4-5-21-13-16/h2-5,10,13,21H,1,6-9,11-12,14H2. The van der Waals surface area contributed by atoms with Crippen molar-refractivity contribution in [1.82, 2.24) is 14.8 Å². The average Bonchev–Trinajstić information content (AvgIpc) is 3.27. The summed E-state index contributed by atoms with van der Waals surface area (Å²) in [6, 6.07) is 7.52. The molecule has 2 amide bonds. The van der Waals surface area contributed by atoms with Gasteiger partial charge in [0.05, 0.1) is 12.8 Å². The number of rotatable bonds is 4. The zero-order chi connectivity index (χ0) is 18.6. The van der Waals surface area contributed by atoms with Gasteiger partial charge in [-0.25, -0.2) is 0 Å². The van der Waals surface area contributed by atoms with E-state index in [1.54, 1.807) is 0 Å². The second-order valence-corrected chi connectivity index (χ2v) is 6.88. The lowest BCUT2D eigenvalue weighted by atomic mass is 10.1. The summed E-state index contributed by atoms with van der Waals surface area (Å²) in [7, 11) is 0. The fourth-order valence-electron chi connectivity index (χ4n) is 3.51. The Kier molecular flexibility index (Phi) is 5.00. The van der Waals surface area contributed by atoms with E-state index in [2.05, 4.69) is 4.98 Å². The van der Waals surface area contributed by atoms with Crippen molar-refractivity contribution in [3.63, 3.8) is 0 Å². The zero-order valence-electron chi connectivity index (χ0n) is 15.1. The summed E-state index contributed by atoms with van der Waals surface area (Å²) in [5, 5.41) is 0.